The number of nitrogens with zero attached hydrogens (tertiary/aromatic N) is 3. The number of halogens is 5. The molecule has 5 rings (SSSR count). The van der Waals surface area contributed by atoms with Crippen molar-refractivity contribution >= 4 is 17.4 Å². The van der Waals surface area contributed by atoms with E-state index in [4.69, 9.17) is 4.98 Å². The molecule has 5 nitrogen and oxygen atoms in total. The lowest BCUT2D eigenvalue weighted by molar-refractivity contribution is -0.133. The van der Waals surface area contributed by atoms with Gasteiger partial charge in [0.1, 0.15) is 23.2 Å². The number of imidazole rings is 1. The molecule has 0 saturated carbocycles. The molecule has 0 spiro atoms. The Morgan fingerprint density at radius 2 is 1.58 bits per heavy atom. The van der Waals surface area contributed by atoms with E-state index >= 15 is 0 Å². The van der Waals surface area contributed by atoms with Crippen molar-refractivity contribution in [1.82, 2.24) is 14.5 Å². The minimum atomic E-state index is -1.01. The Hall–Kier alpha value is -4.21. The van der Waals surface area contributed by atoms with Crippen molar-refractivity contribution in [3.8, 4) is 11.3 Å². The monoisotopic (exact) mass is 526 g/mol. The second-order valence-corrected chi connectivity index (χ2v) is 9.23. The highest BCUT2D eigenvalue weighted by Gasteiger charge is 2.28. The van der Waals surface area contributed by atoms with E-state index < -0.39 is 29.1 Å². The number of benzene rings is 3. The molecule has 4 aromatic rings. The van der Waals surface area contributed by atoms with E-state index in [1.54, 1.807) is 24.0 Å². The van der Waals surface area contributed by atoms with Gasteiger partial charge in [0.15, 0.2) is 23.3 Å². The number of hydrogen-bond donors (Lipinski definition) is 1. The fourth-order valence-electron chi connectivity index (χ4n) is 4.52. The first-order valence-corrected chi connectivity index (χ1v) is 12.0. The van der Waals surface area contributed by atoms with Crippen LogP contribution in [0.2, 0.25) is 0 Å². The minimum Gasteiger partial charge on any atom is -0.340 e. The average Bonchev–Trinajstić information content (AvgIpc) is 3.25. The quantitative estimate of drug-likeness (QED) is 0.291. The molecule has 1 aromatic heterocycles. The molecule has 1 amide bonds. The maximum absolute atomic E-state index is 13.9. The molecule has 3 aromatic carbocycles. The van der Waals surface area contributed by atoms with Gasteiger partial charge in [0.2, 0.25) is 5.91 Å². The van der Waals surface area contributed by atoms with E-state index in [1.807, 2.05) is 4.57 Å². The summed E-state index contributed by atoms with van der Waals surface area (Å²) in [6.07, 6.45) is 0.0938. The summed E-state index contributed by atoms with van der Waals surface area (Å²) in [4.78, 5) is 19.4. The summed E-state index contributed by atoms with van der Waals surface area (Å²) < 4.78 is 69.7. The van der Waals surface area contributed by atoms with E-state index in [2.05, 4.69) is 5.32 Å². The van der Waals surface area contributed by atoms with Gasteiger partial charge in [0.05, 0.1) is 6.54 Å². The second-order valence-electron chi connectivity index (χ2n) is 9.23. The Morgan fingerprint density at radius 3 is 2.26 bits per heavy atom. The van der Waals surface area contributed by atoms with Crippen LogP contribution in [0, 0.1) is 29.1 Å². The second kappa shape index (κ2) is 10.3. The summed E-state index contributed by atoms with van der Waals surface area (Å²) in [5.74, 6) is -3.76. The van der Waals surface area contributed by atoms with Crippen molar-refractivity contribution in [2.45, 2.75) is 32.4 Å². The van der Waals surface area contributed by atoms with Crippen LogP contribution in [-0.4, -0.2) is 26.9 Å². The van der Waals surface area contributed by atoms with Crippen LogP contribution in [0.25, 0.3) is 11.3 Å². The van der Waals surface area contributed by atoms with Crippen LogP contribution >= 0.6 is 0 Å². The number of nitrogens with one attached hydrogen (secondary N) is 1. The minimum absolute atomic E-state index is 0.0938. The van der Waals surface area contributed by atoms with E-state index in [0.29, 0.717) is 47.2 Å². The highest BCUT2D eigenvalue weighted by Crippen LogP contribution is 2.34. The largest absolute Gasteiger partial charge is 0.340 e. The topological polar surface area (TPSA) is 50.2 Å². The first-order chi connectivity index (χ1) is 18.2. The molecule has 0 saturated heterocycles. The fourth-order valence-corrected chi connectivity index (χ4v) is 4.52. The van der Waals surface area contributed by atoms with Gasteiger partial charge in [-0.05, 0) is 60.0 Å². The Balaban J connectivity index is 1.41. The van der Waals surface area contributed by atoms with Gasteiger partial charge in [-0.3, -0.25) is 4.79 Å². The summed E-state index contributed by atoms with van der Waals surface area (Å²) >= 11 is 0. The smallest absolute Gasteiger partial charge is 0.223 e. The molecule has 2 heterocycles. The lowest BCUT2D eigenvalue weighted by Crippen LogP contribution is -2.39. The zero-order valence-electron chi connectivity index (χ0n) is 20.3. The van der Waals surface area contributed by atoms with Crippen LogP contribution in [0.5, 0.6) is 0 Å². The third kappa shape index (κ3) is 5.11. The molecule has 0 radical (unpaired) electrons. The van der Waals surface area contributed by atoms with Gasteiger partial charge in [0, 0.05) is 36.8 Å². The number of amides is 1. The zero-order chi connectivity index (χ0) is 27.0. The lowest BCUT2D eigenvalue weighted by atomic mass is 9.97. The average molecular weight is 527 g/mol. The van der Waals surface area contributed by atoms with Crippen molar-refractivity contribution in [2.75, 3.05) is 11.9 Å². The molecule has 0 bridgehead atoms. The Bertz CT molecular complexity index is 1500. The van der Waals surface area contributed by atoms with Gasteiger partial charge >= 0.3 is 0 Å². The molecule has 10 heteroatoms. The molecule has 0 aliphatic carbocycles. The molecule has 196 valence electrons. The predicted octanol–water partition coefficient (Wildman–Crippen LogP) is 6.53. The molecule has 1 unspecified atom stereocenters. The van der Waals surface area contributed by atoms with E-state index in [1.165, 1.54) is 24.3 Å². The first-order valence-electron chi connectivity index (χ1n) is 12.0. The number of hydrogen-bond acceptors (Lipinski definition) is 3. The van der Waals surface area contributed by atoms with Crippen LogP contribution in [0.3, 0.4) is 0 Å². The highest BCUT2D eigenvalue weighted by molar-refractivity contribution is 5.79. The number of anilines is 2. The summed E-state index contributed by atoms with van der Waals surface area (Å²) in [6.45, 7) is 2.66. The van der Waals surface area contributed by atoms with Crippen molar-refractivity contribution < 1.29 is 26.7 Å². The maximum Gasteiger partial charge on any atom is 0.223 e. The van der Waals surface area contributed by atoms with Gasteiger partial charge in [-0.15, -0.1) is 0 Å². The van der Waals surface area contributed by atoms with Crippen LogP contribution in [0.4, 0.5) is 33.5 Å². The summed E-state index contributed by atoms with van der Waals surface area (Å²) in [7, 11) is 0. The summed E-state index contributed by atoms with van der Waals surface area (Å²) in [6, 6.07) is 12.8. The molecular weight excluding hydrogens is 503 g/mol. The molecule has 0 fully saturated rings. The van der Waals surface area contributed by atoms with Crippen LogP contribution in [0.1, 0.15) is 30.7 Å². The van der Waals surface area contributed by atoms with Gasteiger partial charge in [-0.1, -0.05) is 13.0 Å². The molecule has 38 heavy (non-hydrogen) atoms. The Labute approximate surface area is 215 Å². The van der Waals surface area contributed by atoms with Crippen molar-refractivity contribution in [3.05, 3.63) is 101 Å². The van der Waals surface area contributed by atoms with E-state index in [-0.39, 0.29) is 24.8 Å². The van der Waals surface area contributed by atoms with Crippen molar-refractivity contribution in [1.29, 1.82) is 0 Å². The van der Waals surface area contributed by atoms with E-state index in [9.17, 15) is 26.7 Å². The van der Waals surface area contributed by atoms with Crippen LogP contribution < -0.4 is 5.32 Å². The number of aromatic nitrogens is 2. The van der Waals surface area contributed by atoms with Crippen molar-refractivity contribution in [3.63, 3.8) is 0 Å². The zero-order valence-corrected chi connectivity index (χ0v) is 20.3. The molecule has 1 atom stereocenters. The molecule has 1 aliphatic heterocycles. The standard InChI is InChI=1S/C28H23F5N4O/c1-16(18-4-8-21(30)23(32)13-18)12-26(38)36-10-11-37-25(15-36)35-27(17-2-5-19(29)6-3-17)28(37)34-20-7-9-22(31)24(33)14-20/h2-9,13-14,16,34H,10-12,15H2,1H3. The van der Waals surface area contributed by atoms with Gasteiger partial charge < -0.3 is 14.8 Å². The number of carbonyl (C=O) groups is 1. The normalized spacial score (nSPS) is 13.8. The fraction of sp³-hybridized carbons (Fsp3) is 0.214. The van der Waals surface area contributed by atoms with Crippen molar-refractivity contribution in [2.24, 2.45) is 0 Å². The van der Waals surface area contributed by atoms with E-state index in [0.717, 1.165) is 24.3 Å². The van der Waals surface area contributed by atoms with Gasteiger partial charge in [0.25, 0.3) is 0 Å². The molecule has 1 aliphatic rings. The first kappa shape index (κ1) is 25.4. The number of fused-ring (bicyclic) bond motifs is 1. The SMILES string of the molecule is CC(CC(=O)N1CCn2c(nc(-c3ccc(F)cc3)c2Nc2ccc(F)c(F)c2)C1)c1ccc(F)c(F)c1. The summed E-state index contributed by atoms with van der Waals surface area (Å²) in [5, 5.41) is 3.10. The predicted molar refractivity (Wildman–Crippen MR) is 132 cm³/mol. The lowest BCUT2D eigenvalue weighted by Gasteiger charge is -2.29. The molecule has 1 N–H and O–H groups in total. The summed E-state index contributed by atoms with van der Waals surface area (Å²) in [5.41, 5.74) is 1.89. The van der Waals surface area contributed by atoms with Crippen LogP contribution in [0.15, 0.2) is 60.7 Å². The maximum atomic E-state index is 13.9. The number of rotatable bonds is 6. The highest BCUT2D eigenvalue weighted by atomic mass is 19.2. The third-order valence-corrected chi connectivity index (χ3v) is 6.62. The Morgan fingerprint density at radius 1 is 0.895 bits per heavy atom. The number of carbonyl (C=O) groups excluding carboxylic acids is 1. The van der Waals surface area contributed by atoms with Gasteiger partial charge in [-0.25, -0.2) is 26.9 Å². The van der Waals surface area contributed by atoms with Gasteiger partial charge in [-0.2, -0.15) is 0 Å². The Kier molecular flexibility index (Phi) is 6.88. The third-order valence-electron chi connectivity index (χ3n) is 6.62. The molecular formula is C28H23F5N4O. The van der Waals surface area contributed by atoms with Crippen LogP contribution in [-0.2, 0) is 17.9 Å².